The van der Waals surface area contributed by atoms with Gasteiger partial charge in [-0.1, -0.05) is 6.92 Å². The number of carbonyl (C=O) groups excluding carboxylic acids is 2. The smallest absolute Gasteiger partial charge is 0.305 e. The van der Waals surface area contributed by atoms with Crippen molar-refractivity contribution in [3.8, 4) is 0 Å². The van der Waals surface area contributed by atoms with Gasteiger partial charge in [0.25, 0.3) is 0 Å². The van der Waals surface area contributed by atoms with Gasteiger partial charge in [-0.15, -0.1) is 0 Å². The Hall–Kier alpha value is -1.06. The molecule has 0 aromatic heterocycles. The summed E-state index contributed by atoms with van der Waals surface area (Å²) in [6.45, 7) is 4.09. The van der Waals surface area contributed by atoms with Gasteiger partial charge in [0.05, 0.1) is 13.7 Å². The second kappa shape index (κ2) is 7.35. The molecular weight excluding hydrogens is 184 g/mol. The fourth-order valence-electron chi connectivity index (χ4n) is 1.07. The number of esters is 2. The first kappa shape index (κ1) is 12.9. The Kier molecular flexibility index (Phi) is 6.80. The second-order valence-electron chi connectivity index (χ2n) is 3.23. The van der Waals surface area contributed by atoms with Crippen LogP contribution in [0.5, 0.6) is 0 Å². The minimum absolute atomic E-state index is 0.159. The van der Waals surface area contributed by atoms with E-state index in [-0.39, 0.29) is 17.9 Å². The molecule has 4 heteroatoms. The molecule has 1 unspecified atom stereocenters. The van der Waals surface area contributed by atoms with Crippen molar-refractivity contribution in [2.45, 2.75) is 33.1 Å². The third-order valence-electron chi connectivity index (χ3n) is 1.89. The Morgan fingerprint density at radius 1 is 1.29 bits per heavy atom. The number of carbonyl (C=O) groups is 2. The molecule has 0 radical (unpaired) electrons. The zero-order chi connectivity index (χ0) is 11.0. The van der Waals surface area contributed by atoms with Crippen molar-refractivity contribution in [1.82, 2.24) is 0 Å². The van der Waals surface area contributed by atoms with Gasteiger partial charge in [0.15, 0.2) is 0 Å². The van der Waals surface area contributed by atoms with E-state index in [1.165, 1.54) is 7.11 Å². The molecule has 0 aliphatic heterocycles. The first-order chi connectivity index (χ1) is 6.60. The molecule has 0 rings (SSSR count). The molecule has 4 nitrogen and oxygen atoms in total. The molecule has 0 spiro atoms. The topological polar surface area (TPSA) is 52.6 Å². The van der Waals surface area contributed by atoms with Crippen LogP contribution in [0.2, 0.25) is 0 Å². The largest absolute Gasteiger partial charge is 0.469 e. The summed E-state index contributed by atoms with van der Waals surface area (Å²) in [4.78, 5) is 21.8. The van der Waals surface area contributed by atoms with Crippen LogP contribution in [0.25, 0.3) is 0 Å². The molecule has 0 aromatic rings. The van der Waals surface area contributed by atoms with E-state index in [9.17, 15) is 9.59 Å². The van der Waals surface area contributed by atoms with Gasteiger partial charge in [0, 0.05) is 12.8 Å². The molecule has 0 bridgehead atoms. The lowest BCUT2D eigenvalue weighted by Crippen LogP contribution is -2.10. The average Bonchev–Trinajstić information content (AvgIpc) is 2.15. The lowest BCUT2D eigenvalue weighted by atomic mass is 10.0. The summed E-state index contributed by atoms with van der Waals surface area (Å²) in [6, 6.07) is 0. The molecule has 1 atom stereocenters. The van der Waals surface area contributed by atoms with E-state index in [2.05, 4.69) is 4.74 Å². The molecule has 0 aromatic carbocycles. The van der Waals surface area contributed by atoms with Crippen molar-refractivity contribution in [2.75, 3.05) is 13.7 Å². The molecule has 0 saturated heterocycles. The number of hydrogen-bond donors (Lipinski definition) is 0. The first-order valence-corrected chi connectivity index (χ1v) is 4.82. The van der Waals surface area contributed by atoms with Crippen LogP contribution in [-0.4, -0.2) is 25.7 Å². The highest BCUT2D eigenvalue weighted by atomic mass is 16.5. The van der Waals surface area contributed by atoms with Crippen molar-refractivity contribution < 1.29 is 19.1 Å². The van der Waals surface area contributed by atoms with E-state index in [1.807, 2.05) is 6.92 Å². The molecule has 0 aliphatic rings. The van der Waals surface area contributed by atoms with Gasteiger partial charge in [0.1, 0.15) is 0 Å². The van der Waals surface area contributed by atoms with Gasteiger partial charge < -0.3 is 9.47 Å². The maximum Gasteiger partial charge on any atom is 0.305 e. The van der Waals surface area contributed by atoms with Gasteiger partial charge in [-0.05, 0) is 19.3 Å². The molecule has 0 fully saturated rings. The standard InChI is InChI=1S/C10H18O4/c1-4-14-9(11)6-5-8(2)7-10(12)13-3/h8H,4-7H2,1-3H3. The van der Waals surface area contributed by atoms with Crippen LogP contribution in [0.1, 0.15) is 33.1 Å². The molecular formula is C10H18O4. The summed E-state index contributed by atoms with van der Waals surface area (Å²) in [6.07, 6.45) is 1.38. The Balaban J connectivity index is 3.57. The fraction of sp³-hybridized carbons (Fsp3) is 0.800. The highest BCUT2D eigenvalue weighted by molar-refractivity contribution is 5.70. The SMILES string of the molecule is CCOC(=O)CCC(C)CC(=O)OC. The summed E-state index contributed by atoms with van der Waals surface area (Å²) < 4.78 is 9.29. The summed E-state index contributed by atoms with van der Waals surface area (Å²) in [7, 11) is 1.36. The highest BCUT2D eigenvalue weighted by Gasteiger charge is 2.11. The molecule has 82 valence electrons. The van der Waals surface area contributed by atoms with Gasteiger partial charge >= 0.3 is 11.9 Å². The van der Waals surface area contributed by atoms with E-state index < -0.39 is 0 Å². The Morgan fingerprint density at radius 2 is 1.93 bits per heavy atom. The van der Waals surface area contributed by atoms with Crippen molar-refractivity contribution >= 4 is 11.9 Å². The quantitative estimate of drug-likeness (QED) is 0.613. The number of hydrogen-bond acceptors (Lipinski definition) is 4. The first-order valence-electron chi connectivity index (χ1n) is 4.82. The third kappa shape index (κ3) is 6.46. The number of methoxy groups -OCH3 is 1. The average molecular weight is 202 g/mol. The van der Waals surface area contributed by atoms with Crippen LogP contribution < -0.4 is 0 Å². The third-order valence-corrected chi connectivity index (χ3v) is 1.89. The molecule has 0 N–H and O–H groups in total. The summed E-state index contributed by atoms with van der Waals surface area (Å²) in [5, 5.41) is 0. The molecule has 0 heterocycles. The zero-order valence-electron chi connectivity index (χ0n) is 9.04. The zero-order valence-corrected chi connectivity index (χ0v) is 9.04. The van der Waals surface area contributed by atoms with Crippen molar-refractivity contribution in [2.24, 2.45) is 5.92 Å². The fourth-order valence-corrected chi connectivity index (χ4v) is 1.07. The van der Waals surface area contributed by atoms with Crippen LogP contribution in [0.4, 0.5) is 0 Å². The van der Waals surface area contributed by atoms with Crippen LogP contribution in [0, 0.1) is 5.92 Å². The van der Waals surface area contributed by atoms with Crippen LogP contribution in [-0.2, 0) is 19.1 Å². The van der Waals surface area contributed by atoms with Crippen molar-refractivity contribution in [1.29, 1.82) is 0 Å². The van der Waals surface area contributed by atoms with Gasteiger partial charge in [-0.2, -0.15) is 0 Å². The second-order valence-corrected chi connectivity index (χ2v) is 3.23. The van der Waals surface area contributed by atoms with Crippen molar-refractivity contribution in [3.05, 3.63) is 0 Å². The summed E-state index contributed by atoms with van der Waals surface area (Å²) in [5.74, 6) is -0.280. The van der Waals surface area contributed by atoms with Crippen LogP contribution in [0.15, 0.2) is 0 Å². The minimum Gasteiger partial charge on any atom is -0.469 e. The Morgan fingerprint density at radius 3 is 2.43 bits per heavy atom. The van der Waals surface area contributed by atoms with Crippen molar-refractivity contribution in [3.63, 3.8) is 0 Å². The van der Waals surface area contributed by atoms with Gasteiger partial charge in [-0.3, -0.25) is 9.59 Å². The predicted octanol–water partition coefficient (Wildman–Crippen LogP) is 1.53. The summed E-state index contributed by atoms with van der Waals surface area (Å²) in [5.41, 5.74) is 0. The van der Waals surface area contributed by atoms with E-state index in [4.69, 9.17) is 4.74 Å². The van der Waals surface area contributed by atoms with Gasteiger partial charge in [-0.25, -0.2) is 0 Å². The number of rotatable bonds is 6. The maximum atomic E-state index is 11.0. The Labute approximate surface area is 84.6 Å². The molecule has 0 saturated carbocycles. The van der Waals surface area contributed by atoms with E-state index in [1.54, 1.807) is 6.92 Å². The minimum atomic E-state index is -0.235. The van der Waals surface area contributed by atoms with Gasteiger partial charge in [0.2, 0.25) is 0 Å². The number of ether oxygens (including phenoxy) is 2. The molecule has 14 heavy (non-hydrogen) atoms. The Bertz CT molecular complexity index is 189. The van der Waals surface area contributed by atoms with Crippen LogP contribution >= 0.6 is 0 Å². The predicted molar refractivity (Wildman–Crippen MR) is 51.7 cm³/mol. The normalized spacial score (nSPS) is 11.9. The maximum absolute atomic E-state index is 11.0. The lowest BCUT2D eigenvalue weighted by Gasteiger charge is -2.08. The monoisotopic (exact) mass is 202 g/mol. The highest BCUT2D eigenvalue weighted by Crippen LogP contribution is 2.11. The van der Waals surface area contributed by atoms with E-state index >= 15 is 0 Å². The molecule has 0 aliphatic carbocycles. The lowest BCUT2D eigenvalue weighted by molar-refractivity contribution is -0.145. The van der Waals surface area contributed by atoms with E-state index in [0.29, 0.717) is 25.9 Å². The van der Waals surface area contributed by atoms with Crippen LogP contribution in [0.3, 0.4) is 0 Å². The van der Waals surface area contributed by atoms with E-state index in [0.717, 1.165) is 0 Å². The molecule has 0 amide bonds. The summed E-state index contributed by atoms with van der Waals surface area (Å²) >= 11 is 0.